The van der Waals surface area contributed by atoms with Crippen molar-refractivity contribution in [3.8, 4) is 5.75 Å². The third kappa shape index (κ3) is 5.97. The molecule has 0 radical (unpaired) electrons. The molecule has 2 aromatic carbocycles. The summed E-state index contributed by atoms with van der Waals surface area (Å²) in [6.45, 7) is 3.13. The van der Waals surface area contributed by atoms with E-state index in [0.29, 0.717) is 12.8 Å². The molecule has 0 saturated carbocycles. The van der Waals surface area contributed by atoms with Crippen LogP contribution in [0.15, 0.2) is 42.5 Å². The molecule has 0 aromatic heterocycles. The molecule has 6 heteroatoms. The Morgan fingerprint density at radius 2 is 2.00 bits per heavy atom. The number of hydrogen-bond acceptors (Lipinski definition) is 4. The predicted molar refractivity (Wildman–Crippen MR) is 109 cm³/mol. The van der Waals surface area contributed by atoms with Crippen molar-refractivity contribution in [3.63, 3.8) is 0 Å². The lowest BCUT2D eigenvalue weighted by atomic mass is 10.1. The second-order valence-electron chi connectivity index (χ2n) is 6.61. The lowest BCUT2D eigenvalue weighted by Crippen LogP contribution is -2.31. The zero-order valence-electron chi connectivity index (χ0n) is 15.5. The zero-order valence-corrected chi connectivity index (χ0v) is 16.4. The number of amides is 1. The highest BCUT2D eigenvalue weighted by atomic mass is 32.2. The van der Waals surface area contributed by atoms with Gasteiger partial charge in [0.25, 0.3) is 0 Å². The Balaban J connectivity index is 1.51. The second kappa shape index (κ2) is 9.76. The minimum absolute atomic E-state index is 0.0715. The summed E-state index contributed by atoms with van der Waals surface area (Å²) in [6.07, 6.45) is 0.789. The molecular formula is C21H25FN2O2S. The summed E-state index contributed by atoms with van der Waals surface area (Å²) in [4.78, 5) is 14.7. The number of carbonyl (C=O) groups excluding carboxylic acids is 1. The van der Waals surface area contributed by atoms with E-state index in [1.807, 2.05) is 30.0 Å². The minimum Gasteiger partial charge on any atom is -0.494 e. The van der Waals surface area contributed by atoms with E-state index in [1.54, 1.807) is 12.1 Å². The number of carbonyl (C=O) groups is 1. The van der Waals surface area contributed by atoms with Crippen molar-refractivity contribution in [2.45, 2.75) is 19.4 Å². The molecule has 1 N–H and O–H groups in total. The van der Waals surface area contributed by atoms with Crippen LogP contribution < -0.4 is 10.1 Å². The standard InChI is InChI=1S/C21H25FN2O2S/c1-26-20-7-5-16(14-19(20)22)6-8-21(25)23-18-4-2-3-17(13-18)15-24-9-11-27-12-10-24/h2-5,7,13-14H,6,8-12,15H2,1H3,(H,23,25). The first-order valence-corrected chi connectivity index (χ1v) is 10.3. The molecule has 1 aliphatic heterocycles. The minimum atomic E-state index is -0.403. The number of anilines is 1. The maximum Gasteiger partial charge on any atom is 0.224 e. The van der Waals surface area contributed by atoms with Crippen LogP contribution in [0.1, 0.15) is 17.5 Å². The number of benzene rings is 2. The summed E-state index contributed by atoms with van der Waals surface area (Å²) in [6, 6.07) is 12.8. The van der Waals surface area contributed by atoms with E-state index < -0.39 is 5.82 Å². The molecular weight excluding hydrogens is 363 g/mol. The van der Waals surface area contributed by atoms with Gasteiger partial charge in [-0.3, -0.25) is 9.69 Å². The third-order valence-electron chi connectivity index (χ3n) is 4.58. The molecule has 3 rings (SSSR count). The number of nitrogens with one attached hydrogen (secondary N) is 1. The van der Waals surface area contributed by atoms with Crippen molar-refractivity contribution in [3.05, 3.63) is 59.4 Å². The number of halogens is 1. The molecule has 4 nitrogen and oxygen atoms in total. The Morgan fingerprint density at radius 1 is 1.19 bits per heavy atom. The fourth-order valence-corrected chi connectivity index (χ4v) is 4.09. The Morgan fingerprint density at radius 3 is 2.74 bits per heavy atom. The van der Waals surface area contributed by atoms with Crippen LogP contribution in [0, 0.1) is 5.82 Å². The van der Waals surface area contributed by atoms with Crippen molar-refractivity contribution in [1.29, 1.82) is 0 Å². The number of nitrogens with zero attached hydrogens (tertiary/aromatic N) is 1. The van der Waals surface area contributed by atoms with Gasteiger partial charge in [0, 0.05) is 43.2 Å². The molecule has 2 aromatic rings. The van der Waals surface area contributed by atoms with Crippen LogP contribution >= 0.6 is 11.8 Å². The Bertz CT molecular complexity index is 779. The van der Waals surface area contributed by atoms with Crippen LogP contribution in [0.5, 0.6) is 5.75 Å². The summed E-state index contributed by atoms with van der Waals surface area (Å²) in [5.41, 5.74) is 2.79. The van der Waals surface area contributed by atoms with Gasteiger partial charge in [-0.15, -0.1) is 0 Å². The molecule has 1 saturated heterocycles. The second-order valence-corrected chi connectivity index (χ2v) is 7.83. The number of hydrogen-bond donors (Lipinski definition) is 1. The van der Waals surface area contributed by atoms with E-state index in [9.17, 15) is 9.18 Å². The Hall–Kier alpha value is -2.05. The highest BCUT2D eigenvalue weighted by Gasteiger charge is 2.11. The van der Waals surface area contributed by atoms with Crippen molar-refractivity contribution in [1.82, 2.24) is 4.90 Å². The number of aryl methyl sites for hydroxylation is 1. The van der Waals surface area contributed by atoms with Gasteiger partial charge in [-0.1, -0.05) is 18.2 Å². The summed E-state index contributed by atoms with van der Waals surface area (Å²) < 4.78 is 18.6. The molecule has 0 bridgehead atoms. The lowest BCUT2D eigenvalue weighted by molar-refractivity contribution is -0.116. The zero-order chi connectivity index (χ0) is 19.1. The van der Waals surface area contributed by atoms with E-state index >= 15 is 0 Å². The van der Waals surface area contributed by atoms with Gasteiger partial charge in [0.1, 0.15) is 0 Å². The van der Waals surface area contributed by atoms with Gasteiger partial charge in [0.05, 0.1) is 7.11 Å². The first kappa shape index (κ1) is 19.7. The molecule has 0 unspecified atom stereocenters. The molecule has 1 amide bonds. The highest BCUT2D eigenvalue weighted by molar-refractivity contribution is 7.99. The number of methoxy groups -OCH3 is 1. The van der Waals surface area contributed by atoms with Crippen LogP contribution in [0.4, 0.5) is 10.1 Å². The SMILES string of the molecule is COc1ccc(CCC(=O)Nc2cccc(CN3CCSCC3)c2)cc1F. The fraction of sp³-hybridized carbons (Fsp3) is 0.381. The molecule has 1 fully saturated rings. The van der Waals surface area contributed by atoms with Gasteiger partial charge in [0.2, 0.25) is 5.91 Å². The lowest BCUT2D eigenvalue weighted by Gasteiger charge is -2.26. The van der Waals surface area contributed by atoms with Gasteiger partial charge < -0.3 is 10.1 Å². The fourth-order valence-electron chi connectivity index (χ4n) is 3.11. The van der Waals surface area contributed by atoms with E-state index in [-0.39, 0.29) is 11.7 Å². The van der Waals surface area contributed by atoms with Gasteiger partial charge in [-0.2, -0.15) is 11.8 Å². The summed E-state index contributed by atoms with van der Waals surface area (Å²) in [5.74, 6) is 2.11. The summed E-state index contributed by atoms with van der Waals surface area (Å²) in [7, 11) is 1.43. The monoisotopic (exact) mass is 388 g/mol. The van der Waals surface area contributed by atoms with E-state index in [2.05, 4.69) is 16.3 Å². The maximum atomic E-state index is 13.7. The third-order valence-corrected chi connectivity index (χ3v) is 5.52. The number of rotatable bonds is 7. The van der Waals surface area contributed by atoms with Crippen LogP contribution in [-0.2, 0) is 17.8 Å². The normalized spacial score (nSPS) is 14.7. The highest BCUT2D eigenvalue weighted by Crippen LogP contribution is 2.19. The Labute approximate surface area is 164 Å². The van der Waals surface area contributed by atoms with Crippen molar-refractivity contribution in [2.75, 3.05) is 37.0 Å². The molecule has 27 heavy (non-hydrogen) atoms. The average Bonchev–Trinajstić information content (AvgIpc) is 2.67. The first-order valence-electron chi connectivity index (χ1n) is 9.15. The van der Waals surface area contributed by atoms with E-state index in [1.165, 1.54) is 30.2 Å². The van der Waals surface area contributed by atoms with Crippen LogP contribution in [0.25, 0.3) is 0 Å². The van der Waals surface area contributed by atoms with Gasteiger partial charge >= 0.3 is 0 Å². The predicted octanol–water partition coefficient (Wildman–Crippen LogP) is 3.95. The van der Waals surface area contributed by atoms with Crippen LogP contribution in [0.2, 0.25) is 0 Å². The molecule has 144 valence electrons. The van der Waals surface area contributed by atoms with Crippen LogP contribution in [0.3, 0.4) is 0 Å². The topological polar surface area (TPSA) is 41.6 Å². The molecule has 0 spiro atoms. The van der Waals surface area contributed by atoms with Crippen molar-refractivity contribution >= 4 is 23.4 Å². The molecule has 1 heterocycles. The molecule has 0 aliphatic carbocycles. The van der Waals surface area contributed by atoms with Gasteiger partial charge in [0.15, 0.2) is 11.6 Å². The van der Waals surface area contributed by atoms with Crippen molar-refractivity contribution < 1.29 is 13.9 Å². The summed E-state index contributed by atoms with van der Waals surface area (Å²) in [5, 5.41) is 2.95. The number of ether oxygens (including phenoxy) is 1. The van der Waals surface area contributed by atoms with Gasteiger partial charge in [-0.25, -0.2) is 4.39 Å². The van der Waals surface area contributed by atoms with Gasteiger partial charge in [-0.05, 0) is 41.8 Å². The molecule has 1 aliphatic rings. The smallest absolute Gasteiger partial charge is 0.224 e. The van der Waals surface area contributed by atoms with E-state index in [4.69, 9.17) is 4.74 Å². The summed E-state index contributed by atoms with van der Waals surface area (Å²) >= 11 is 2.00. The quantitative estimate of drug-likeness (QED) is 0.780. The maximum absolute atomic E-state index is 13.7. The molecule has 0 atom stereocenters. The van der Waals surface area contributed by atoms with Crippen molar-refractivity contribution in [2.24, 2.45) is 0 Å². The van der Waals surface area contributed by atoms with Crippen LogP contribution in [-0.4, -0.2) is 42.5 Å². The Kier molecular flexibility index (Phi) is 7.12. The average molecular weight is 389 g/mol. The van der Waals surface area contributed by atoms with E-state index in [0.717, 1.165) is 30.9 Å². The number of thioether (sulfide) groups is 1. The first-order chi connectivity index (χ1) is 13.1. The largest absolute Gasteiger partial charge is 0.494 e.